The fraction of sp³-hybridized carbons (Fsp3) is 0.333. The molecule has 4 heterocycles. The van der Waals surface area contributed by atoms with E-state index in [4.69, 9.17) is 0 Å². The first-order valence-electron chi connectivity index (χ1n) is 8.49. The Hall–Kier alpha value is -2.74. The average Bonchev–Trinajstić information content (AvgIpc) is 3.30. The Morgan fingerprint density at radius 1 is 1.04 bits per heavy atom. The molecule has 0 radical (unpaired) electrons. The molecule has 0 bridgehead atoms. The van der Waals surface area contributed by atoms with Gasteiger partial charge >= 0.3 is 0 Å². The van der Waals surface area contributed by atoms with Crippen molar-refractivity contribution in [3.8, 4) is 0 Å². The van der Waals surface area contributed by atoms with Crippen LogP contribution in [0.15, 0.2) is 29.6 Å². The van der Waals surface area contributed by atoms with Gasteiger partial charge in [0, 0.05) is 37.9 Å². The molecule has 1 aliphatic heterocycles. The molecule has 26 heavy (non-hydrogen) atoms. The molecular formula is C18H19N5O2S. The minimum Gasteiger partial charge on any atom is -0.334 e. The highest BCUT2D eigenvalue weighted by molar-refractivity contribution is 7.12. The van der Waals surface area contributed by atoms with Crippen molar-refractivity contribution in [3.63, 3.8) is 0 Å². The molecular weight excluding hydrogens is 350 g/mol. The van der Waals surface area contributed by atoms with Crippen LogP contribution < -0.4 is 0 Å². The standard InChI is InChI=1S/C18H19N5O2S/c1-12-10-16-19-14(11-13(2)23(16)20-12)17(24)21-5-7-22(8-6-21)18(25)15-4-3-9-26-15/h3-4,9-11H,5-8H2,1-2H3. The minimum absolute atomic E-state index is 0.0391. The van der Waals surface area contributed by atoms with Gasteiger partial charge in [0.05, 0.1) is 10.6 Å². The maximum atomic E-state index is 12.8. The van der Waals surface area contributed by atoms with E-state index in [1.807, 2.05) is 37.4 Å². The van der Waals surface area contributed by atoms with Crippen LogP contribution in [0, 0.1) is 13.8 Å². The number of fused-ring (bicyclic) bond motifs is 1. The number of aryl methyl sites for hydroxylation is 2. The lowest BCUT2D eigenvalue weighted by Crippen LogP contribution is -2.50. The van der Waals surface area contributed by atoms with E-state index >= 15 is 0 Å². The van der Waals surface area contributed by atoms with Crippen molar-refractivity contribution in [2.24, 2.45) is 0 Å². The number of thiophene rings is 1. The molecule has 2 amide bonds. The van der Waals surface area contributed by atoms with Crippen LogP contribution in [0.2, 0.25) is 0 Å². The zero-order chi connectivity index (χ0) is 18.3. The van der Waals surface area contributed by atoms with Gasteiger partial charge in [-0.3, -0.25) is 9.59 Å². The molecule has 0 spiro atoms. The molecule has 0 atom stereocenters. The summed E-state index contributed by atoms with van der Waals surface area (Å²) in [4.78, 5) is 34.0. The second kappa shape index (κ2) is 6.53. The average molecular weight is 369 g/mol. The van der Waals surface area contributed by atoms with Crippen molar-refractivity contribution in [2.75, 3.05) is 26.2 Å². The second-order valence-electron chi connectivity index (χ2n) is 6.40. The lowest BCUT2D eigenvalue weighted by Gasteiger charge is -2.34. The lowest BCUT2D eigenvalue weighted by atomic mass is 10.2. The summed E-state index contributed by atoms with van der Waals surface area (Å²) in [6.45, 7) is 5.92. The van der Waals surface area contributed by atoms with E-state index in [0.29, 0.717) is 37.5 Å². The van der Waals surface area contributed by atoms with E-state index in [2.05, 4.69) is 10.1 Å². The van der Waals surface area contributed by atoms with Crippen LogP contribution in [0.1, 0.15) is 31.5 Å². The molecule has 3 aromatic heterocycles. The highest BCUT2D eigenvalue weighted by Crippen LogP contribution is 2.16. The molecule has 0 saturated carbocycles. The van der Waals surface area contributed by atoms with Crippen LogP contribution in [0.3, 0.4) is 0 Å². The van der Waals surface area contributed by atoms with Gasteiger partial charge in [-0.1, -0.05) is 6.07 Å². The number of rotatable bonds is 2. The summed E-state index contributed by atoms with van der Waals surface area (Å²) in [5.74, 6) is -0.0603. The first-order valence-corrected chi connectivity index (χ1v) is 9.37. The highest BCUT2D eigenvalue weighted by atomic mass is 32.1. The van der Waals surface area contributed by atoms with Gasteiger partial charge in [0.15, 0.2) is 5.65 Å². The van der Waals surface area contributed by atoms with Crippen LogP contribution in [0.4, 0.5) is 0 Å². The Balaban J connectivity index is 1.47. The molecule has 3 aromatic rings. The van der Waals surface area contributed by atoms with Crippen molar-refractivity contribution < 1.29 is 9.59 Å². The third-order valence-corrected chi connectivity index (χ3v) is 5.39. The lowest BCUT2D eigenvalue weighted by molar-refractivity contribution is 0.0535. The van der Waals surface area contributed by atoms with E-state index < -0.39 is 0 Å². The fourth-order valence-electron chi connectivity index (χ4n) is 3.18. The molecule has 134 valence electrons. The van der Waals surface area contributed by atoms with E-state index in [0.717, 1.165) is 16.3 Å². The maximum absolute atomic E-state index is 12.8. The maximum Gasteiger partial charge on any atom is 0.272 e. The summed E-state index contributed by atoms with van der Waals surface area (Å²) in [5, 5.41) is 6.26. The van der Waals surface area contributed by atoms with Crippen molar-refractivity contribution in [3.05, 3.63) is 51.6 Å². The Labute approximate surface area is 154 Å². The summed E-state index contributed by atoms with van der Waals surface area (Å²) in [6, 6.07) is 7.34. The second-order valence-corrected chi connectivity index (χ2v) is 7.35. The number of amides is 2. The zero-order valence-electron chi connectivity index (χ0n) is 14.7. The summed E-state index contributed by atoms with van der Waals surface area (Å²) in [7, 11) is 0. The number of piperazine rings is 1. The van der Waals surface area contributed by atoms with Gasteiger partial charge in [0.25, 0.3) is 11.8 Å². The molecule has 1 saturated heterocycles. The third-order valence-electron chi connectivity index (χ3n) is 4.53. The van der Waals surface area contributed by atoms with Crippen molar-refractivity contribution in [1.82, 2.24) is 24.4 Å². The topological polar surface area (TPSA) is 70.8 Å². The number of nitrogens with zero attached hydrogens (tertiary/aromatic N) is 5. The SMILES string of the molecule is Cc1cc2nc(C(=O)N3CCN(C(=O)c4cccs4)CC3)cc(C)n2n1. The smallest absolute Gasteiger partial charge is 0.272 e. The molecule has 1 fully saturated rings. The van der Waals surface area contributed by atoms with E-state index in [1.165, 1.54) is 11.3 Å². The van der Waals surface area contributed by atoms with Gasteiger partial charge < -0.3 is 9.80 Å². The predicted molar refractivity (Wildman–Crippen MR) is 98.6 cm³/mol. The van der Waals surface area contributed by atoms with E-state index in [9.17, 15) is 9.59 Å². The van der Waals surface area contributed by atoms with Gasteiger partial charge in [-0.2, -0.15) is 5.10 Å². The Morgan fingerprint density at radius 3 is 2.38 bits per heavy atom. The predicted octanol–water partition coefficient (Wildman–Crippen LogP) is 2.01. The number of carbonyl (C=O) groups excluding carboxylic acids is 2. The van der Waals surface area contributed by atoms with E-state index in [1.54, 1.807) is 20.4 Å². The van der Waals surface area contributed by atoms with Crippen LogP contribution in [-0.4, -0.2) is 62.4 Å². The number of hydrogen-bond donors (Lipinski definition) is 0. The van der Waals surface area contributed by atoms with Crippen LogP contribution in [-0.2, 0) is 0 Å². The Morgan fingerprint density at radius 2 is 1.73 bits per heavy atom. The molecule has 0 aromatic carbocycles. The summed E-state index contributed by atoms with van der Waals surface area (Å²) >= 11 is 1.44. The van der Waals surface area contributed by atoms with Gasteiger partial charge in [0.2, 0.25) is 0 Å². The minimum atomic E-state index is -0.0994. The van der Waals surface area contributed by atoms with E-state index in [-0.39, 0.29) is 11.8 Å². The molecule has 0 unspecified atom stereocenters. The molecule has 1 aliphatic rings. The van der Waals surface area contributed by atoms with Crippen molar-refractivity contribution >= 4 is 28.8 Å². The van der Waals surface area contributed by atoms with Crippen LogP contribution in [0.25, 0.3) is 5.65 Å². The monoisotopic (exact) mass is 369 g/mol. The normalized spacial score (nSPS) is 14.8. The van der Waals surface area contributed by atoms with Crippen molar-refractivity contribution in [2.45, 2.75) is 13.8 Å². The van der Waals surface area contributed by atoms with Crippen molar-refractivity contribution in [1.29, 1.82) is 0 Å². The van der Waals surface area contributed by atoms with Gasteiger partial charge in [-0.25, -0.2) is 9.50 Å². The van der Waals surface area contributed by atoms with Gasteiger partial charge in [-0.05, 0) is 31.4 Å². The molecule has 4 rings (SSSR count). The fourth-order valence-corrected chi connectivity index (χ4v) is 3.87. The van der Waals surface area contributed by atoms with Crippen LogP contribution in [0.5, 0.6) is 0 Å². The first-order chi connectivity index (χ1) is 12.5. The quantitative estimate of drug-likeness (QED) is 0.693. The number of hydrogen-bond acceptors (Lipinski definition) is 5. The Kier molecular flexibility index (Phi) is 4.20. The highest BCUT2D eigenvalue weighted by Gasteiger charge is 2.27. The largest absolute Gasteiger partial charge is 0.334 e. The molecule has 0 N–H and O–H groups in total. The third kappa shape index (κ3) is 2.96. The van der Waals surface area contributed by atoms with Gasteiger partial charge in [-0.15, -0.1) is 11.3 Å². The van der Waals surface area contributed by atoms with Gasteiger partial charge in [0.1, 0.15) is 5.69 Å². The summed E-state index contributed by atoms with van der Waals surface area (Å²) < 4.78 is 1.74. The van der Waals surface area contributed by atoms with Crippen LogP contribution >= 0.6 is 11.3 Å². The summed E-state index contributed by atoms with van der Waals surface area (Å²) in [5.41, 5.74) is 2.84. The summed E-state index contributed by atoms with van der Waals surface area (Å²) in [6.07, 6.45) is 0. The molecule has 7 nitrogen and oxygen atoms in total. The molecule has 0 aliphatic carbocycles. The number of aromatic nitrogens is 3. The zero-order valence-corrected chi connectivity index (χ0v) is 15.5. The Bertz CT molecular complexity index is 971. The molecule has 8 heteroatoms. The number of carbonyl (C=O) groups is 2. The first kappa shape index (κ1) is 16.7.